The lowest BCUT2D eigenvalue weighted by atomic mass is 10.0. The molecule has 0 atom stereocenters. The first-order chi connectivity index (χ1) is 11.3. The highest BCUT2D eigenvalue weighted by atomic mass is 16.5. The Morgan fingerprint density at radius 3 is 2.61 bits per heavy atom. The Morgan fingerprint density at radius 1 is 0.913 bits per heavy atom. The third kappa shape index (κ3) is 3.45. The van der Waals surface area contributed by atoms with Crippen LogP contribution in [0.2, 0.25) is 0 Å². The van der Waals surface area contributed by atoms with Crippen LogP contribution in [0.5, 0.6) is 5.75 Å². The molecule has 0 N–H and O–H groups in total. The van der Waals surface area contributed by atoms with E-state index in [4.69, 9.17) is 4.74 Å². The van der Waals surface area contributed by atoms with Crippen LogP contribution >= 0.6 is 0 Å². The second kappa shape index (κ2) is 7.15. The molecule has 116 valence electrons. The highest BCUT2D eigenvalue weighted by Crippen LogP contribution is 2.30. The van der Waals surface area contributed by atoms with E-state index in [1.54, 1.807) is 7.11 Å². The van der Waals surface area contributed by atoms with Crippen molar-refractivity contribution in [3.05, 3.63) is 77.4 Å². The number of aryl methyl sites for hydroxylation is 1. The fourth-order valence-corrected chi connectivity index (χ4v) is 2.95. The van der Waals surface area contributed by atoms with Crippen molar-refractivity contribution in [1.29, 1.82) is 0 Å². The van der Waals surface area contributed by atoms with Crippen molar-refractivity contribution in [3.8, 4) is 5.75 Å². The summed E-state index contributed by atoms with van der Waals surface area (Å²) in [6, 6.07) is 21.3. The van der Waals surface area contributed by atoms with Gasteiger partial charge in [0.1, 0.15) is 5.75 Å². The summed E-state index contributed by atoms with van der Waals surface area (Å²) >= 11 is 0. The van der Waals surface area contributed by atoms with Crippen LogP contribution < -0.4 is 4.74 Å². The van der Waals surface area contributed by atoms with E-state index in [0.717, 1.165) is 23.1 Å². The molecule has 0 spiro atoms. The molecule has 0 aromatic heterocycles. The van der Waals surface area contributed by atoms with E-state index in [2.05, 4.69) is 73.7 Å². The number of hydrogen-bond donors (Lipinski definition) is 0. The molecule has 1 nitrogen and oxygen atoms in total. The van der Waals surface area contributed by atoms with Crippen LogP contribution in [0.1, 0.15) is 30.0 Å². The van der Waals surface area contributed by atoms with Crippen LogP contribution in [0.4, 0.5) is 0 Å². The van der Waals surface area contributed by atoms with Crippen LogP contribution in [0.25, 0.3) is 22.9 Å². The molecule has 23 heavy (non-hydrogen) atoms. The molecule has 1 heteroatoms. The number of fused-ring (bicyclic) bond motifs is 1. The van der Waals surface area contributed by atoms with Gasteiger partial charge < -0.3 is 4.74 Å². The molecule has 0 aliphatic rings. The SMILES string of the molecule is CCCc1cccc(C=Cc2ccc3ccccc3c2OC)c1. The van der Waals surface area contributed by atoms with Gasteiger partial charge in [0.15, 0.2) is 0 Å². The van der Waals surface area contributed by atoms with Crippen molar-refractivity contribution >= 4 is 22.9 Å². The third-order valence-corrected chi connectivity index (χ3v) is 4.06. The average Bonchev–Trinajstić information content (AvgIpc) is 2.60. The monoisotopic (exact) mass is 302 g/mol. The van der Waals surface area contributed by atoms with Gasteiger partial charge in [-0.15, -0.1) is 0 Å². The van der Waals surface area contributed by atoms with E-state index in [1.807, 2.05) is 6.07 Å². The van der Waals surface area contributed by atoms with Crippen LogP contribution in [0.3, 0.4) is 0 Å². The first kappa shape index (κ1) is 15.4. The lowest BCUT2D eigenvalue weighted by molar-refractivity contribution is 0.419. The molecule has 0 unspecified atom stereocenters. The smallest absolute Gasteiger partial charge is 0.133 e. The van der Waals surface area contributed by atoms with Crippen molar-refractivity contribution < 1.29 is 4.74 Å². The number of ether oxygens (including phenoxy) is 1. The van der Waals surface area contributed by atoms with E-state index < -0.39 is 0 Å². The first-order valence-corrected chi connectivity index (χ1v) is 8.14. The molecular weight excluding hydrogens is 280 g/mol. The second-order valence-electron chi connectivity index (χ2n) is 5.74. The molecule has 0 aliphatic heterocycles. The summed E-state index contributed by atoms with van der Waals surface area (Å²) in [4.78, 5) is 0. The normalized spacial score (nSPS) is 11.2. The summed E-state index contributed by atoms with van der Waals surface area (Å²) in [6.45, 7) is 2.21. The Kier molecular flexibility index (Phi) is 4.77. The molecule has 0 saturated carbocycles. The maximum absolute atomic E-state index is 5.66. The Labute approximate surface area is 138 Å². The first-order valence-electron chi connectivity index (χ1n) is 8.14. The number of methoxy groups -OCH3 is 1. The van der Waals surface area contributed by atoms with Crippen LogP contribution in [0.15, 0.2) is 60.7 Å². The lowest BCUT2D eigenvalue weighted by Gasteiger charge is -2.09. The van der Waals surface area contributed by atoms with Gasteiger partial charge in [0.2, 0.25) is 0 Å². The van der Waals surface area contributed by atoms with Crippen molar-refractivity contribution in [2.75, 3.05) is 7.11 Å². The van der Waals surface area contributed by atoms with Gasteiger partial charge in [0.05, 0.1) is 7.11 Å². The highest BCUT2D eigenvalue weighted by Gasteiger charge is 2.05. The van der Waals surface area contributed by atoms with Gasteiger partial charge in [-0.05, 0) is 22.9 Å². The molecule has 3 rings (SSSR count). The zero-order chi connectivity index (χ0) is 16.1. The van der Waals surface area contributed by atoms with Gasteiger partial charge >= 0.3 is 0 Å². The molecule has 3 aromatic rings. The molecule has 0 heterocycles. The van der Waals surface area contributed by atoms with Crippen LogP contribution in [0, 0.1) is 0 Å². The molecule has 3 aromatic carbocycles. The van der Waals surface area contributed by atoms with E-state index in [9.17, 15) is 0 Å². The van der Waals surface area contributed by atoms with Crippen LogP contribution in [-0.4, -0.2) is 7.11 Å². The van der Waals surface area contributed by atoms with E-state index in [0.29, 0.717) is 0 Å². The summed E-state index contributed by atoms with van der Waals surface area (Å²) in [5, 5.41) is 2.35. The molecule has 0 radical (unpaired) electrons. The summed E-state index contributed by atoms with van der Waals surface area (Å²) in [5.41, 5.74) is 3.72. The molecule has 0 fully saturated rings. The fraction of sp³-hybridized carbons (Fsp3) is 0.182. The Morgan fingerprint density at radius 2 is 1.78 bits per heavy atom. The minimum atomic E-state index is 0.934. The predicted molar refractivity (Wildman–Crippen MR) is 99.9 cm³/mol. The van der Waals surface area contributed by atoms with Crippen molar-refractivity contribution in [2.45, 2.75) is 19.8 Å². The molecule has 0 bridgehead atoms. The summed E-state index contributed by atoms with van der Waals surface area (Å²) in [5.74, 6) is 0.934. The second-order valence-corrected chi connectivity index (χ2v) is 5.74. The molecule has 0 saturated heterocycles. The lowest BCUT2D eigenvalue weighted by Crippen LogP contribution is -1.89. The average molecular weight is 302 g/mol. The van der Waals surface area contributed by atoms with Gasteiger partial charge in [-0.3, -0.25) is 0 Å². The summed E-state index contributed by atoms with van der Waals surface area (Å²) in [7, 11) is 1.74. The molecular formula is C22H22O. The maximum Gasteiger partial charge on any atom is 0.133 e. The number of benzene rings is 3. The number of rotatable bonds is 5. The summed E-state index contributed by atoms with van der Waals surface area (Å²) < 4.78 is 5.66. The zero-order valence-electron chi connectivity index (χ0n) is 13.8. The largest absolute Gasteiger partial charge is 0.495 e. The van der Waals surface area contributed by atoms with Gasteiger partial charge in [-0.25, -0.2) is 0 Å². The van der Waals surface area contributed by atoms with E-state index in [1.165, 1.54) is 22.9 Å². The topological polar surface area (TPSA) is 9.23 Å². The van der Waals surface area contributed by atoms with Crippen LogP contribution in [-0.2, 0) is 6.42 Å². The van der Waals surface area contributed by atoms with Gasteiger partial charge in [-0.1, -0.05) is 86.2 Å². The zero-order valence-corrected chi connectivity index (χ0v) is 13.8. The maximum atomic E-state index is 5.66. The fourth-order valence-electron chi connectivity index (χ4n) is 2.95. The minimum absolute atomic E-state index is 0.934. The van der Waals surface area contributed by atoms with Crippen molar-refractivity contribution in [1.82, 2.24) is 0 Å². The van der Waals surface area contributed by atoms with Gasteiger partial charge in [0.25, 0.3) is 0 Å². The highest BCUT2D eigenvalue weighted by molar-refractivity contribution is 5.93. The van der Waals surface area contributed by atoms with E-state index in [-0.39, 0.29) is 0 Å². The molecule has 0 amide bonds. The Bertz CT molecular complexity index is 830. The number of hydrogen-bond acceptors (Lipinski definition) is 1. The van der Waals surface area contributed by atoms with Gasteiger partial charge in [-0.2, -0.15) is 0 Å². The van der Waals surface area contributed by atoms with Crippen molar-refractivity contribution in [2.24, 2.45) is 0 Å². The minimum Gasteiger partial charge on any atom is -0.495 e. The van der Waals surface area contributed by atoms with Gasteiger partial charge in [0, 0.05) is 10.9 Å². The third-order valence-electron chi connectivity index (χ3n) is 4.06. The molecule has 0 aliphatic carbocycles. The Hall–Kier alpha value is -2.54. The van der Waals surface area contributed by atoms with Crippen molar-refractivity contribution in [3.63, 3.8) is 0 Å². The quantitative estimate of drug-likeness (QED) is 0.527. The summed E-state index contributed by atoms with van der Waals surface area (Å²) in [6.07, 6.45) is 6.59. The van der Waals surface area contributed by atoms with E-state index >= 15 is 0 Å². The Balaban J connectivity index is 1.96. The predicted octanol–water partition coefficient (Wildman–Crippen LogP) is 5.97. The standard InChI is InChI=1S/C22H22O/c1-3-7-17-8-6-9-18(16-17)12-13-20-15-14-19-10-4-5-11-21(19)22(20)23-2/h4-6,8-16H,3,7H2,1-2H3.